The number of hydrogen-bond acceptors (Lipinski definition) is 3. The van der Waals surface area contributed by atoms with Gasteiger partial charge in [-0.05, 0) is 42.0 Å². The molecule has 4 heteroatoms. The maximum atomic E-state index is 12.4. The third kappa shape index (κ3) is 4.12. The fourth-order valence-electron chi connectivity index (χ4n) is 2.27. The fraction of sp³-hybridized carbons (Fsp3) is 0.278. The number of thioether (sulfide) groups is 1. The standard InChI is InChI=1S/C18H21NO2S/c1-13-8-9-16(22-3)10-17(13)18(20)19-11-14-6-4-5-7-15(14)12-21-2/h4-10H,11-12H2,1-3H3,(H,19,20). The van der Waals surface area contributed by atoms with Crippen molar-refractivity contribution in [3.63, 3.8) is 0 Å². The normalized spacial score (nSPS) is 10.5. The van der Waals surface area contributed by atoms with Crippen LogP contribution in [-0.4, -0.2) is 19.3 Å². The summed E-state index contributed by atoms with van der Waals surface area (Å²) in [6, 6.07) is 13.9. The molecule has 0 spiro atoms. The number of aryl methyl sites for hydroxylation is 1. The summed E-state index contributed by atoms with van der Waals surface area (Å²) < 4.78 is 5.19. The van der Waals surface area contributed by atoms with Crippen LogP contribution in [0, 0.1) is 6.92 Å². The molecule has 1 N–H and O–H groups in total. The topological polar surface area (TPSA) is 38.3 Å². The Bertz CT molecular complexity index is 655. The number of nitrogens with one attached hydrogen (secondary N) is 1. The lowest BCUT2D eigenvalue weighted by Gasteiger charge is -2.12. The van der Waals surface area contributed by atoms with E-state index >= 15 is 0 Å². The van der Waals surface area contributed by atoms with Crippen molar-refractivity contribution in [1.29, 1.82) is 0 Å². The van der Waals surface area contributed by atoms with Gasteiger partial charge in [0.05, 0.1) is 6.61 Å². The molecule has 3 nitrogen and oxygen atoms in total. The third-order valence-electron chi connectivity index (χ3n) is 3.55. The molecule has 22 heavy (non-hydrogen) atoms. The summed E-state index contributed by atoms with van der Waals surface area (Å²) in [5, 5.41) is 3.00. The second-order valence-electron chi connectivity index (χ2n) is 5.07. The highest BCUT2D eigenvalue weighted by molar-refractivity contribution is 7.98. The van der Waals surface area contributed by atoms with Crippen LogP contribution in [0.5, 0.6) is 0 Å². The first-order valence-electron chi connectivity index (χ1n) is 7.14. The van der Waals surface area contributed by atoms with E-state index in [0.717, 1.165) is 27.1 Å². The Morgan fingerprint density at radius 2 is 1.91 bits per heavy atom. The molecule has 0 aromatic heterocycles. The van der Waals surface area contributed by atoms with E-state index in [1.807, 2.05) is 55.6 Å². The van der Waals surface area contributed by atoms with Crippen molar-refractivity contribution in [2.24, 2.45) is 0 Å². The highest BCUT2D eigenvalue weighted by Gasteiger charge is 2.10. The summed E-state index contributed by atoms with van der Waals surface area (Å²) >= 11 is 1.64. The van der Waals surface area contributed by atoms with Gasteiger partial charge in [0.2, 0.25) is 0 Å². The molecule has 0 bridgehead atoms. The van der Waals surface area contributed by atoms with Crippen LogP contribution in [0.25, 0.3) is 0 Å². The molecular formula is C18H21NO2S. The van der Waals surface area contributed by atoms with Gasteiger partial charge in [-0.25, -0.2) is 0 Å². The lowest BCUT2D eigenvalue weighted by molar-refractivity contribution is 0.0949. The quantitative estimate of drug-likeness (QED) is 0.824. The minimum atomic E-state index is -0.0411. The first-order chi connectivity index (χ1) is 10.7. The van der Waals surface area contributed by atoms with Gasteiger partial charge in [-0.15, -0.1) is 11.8 Å². The van der Waals surface area contributed by atoms with E-state index in [-0.39, 0.29) is 5.91 Å². The zero-order valence-electron chi connectivity index (χ0n) is 13.2. The third-order valence-corrected chi connectivity index (χ3v) is 4.27. The van der Waals surface area contributed by atoms with Gasteiger partial charge in [0, 0.05) is 24.1 Å². The number of methoxy groups -OCH3 is 1. The summed E-state index contributed by atoms with van der Waals surface area (Å²) in [5.41, 5.74) is 3.90. The van der Waals surface area contributed by atoms with Gasteiger partial charge in [-0.3, -0.25) is 4.79 Å². The Morgan fingerprint density at radius 1 is 1.18 bits per heavy atom. The van der Waals surface area contributed by atoms with Gasteiger partial charge in [0.25, 0.3) is 5.91 Å². The minimum absolute atomic E-state index is 0.0411. The van der Waals surface area contributed by atoms with E-state index in [4.69, 9.17) is 4.74 Å². The second kappa shape index (κ2) is 8.01. The van der Waals surface area contributed by atoms with E-state index in [1.165, 1.54) is 0 Å². The van der Waals surface area contributed by atoms with E-state index in [0.29, 0.717) is 13.2 Å². The monoisotopic (exact) mass is 315 g/mol. The summed E-state index contributed by atoms with van der Waals surface area (Å²) in [6.07, 6.45) is 2.01. The van der Waals surface area contributed by atoms with E-state index in [9.17, 15) is 4.79 Å². The number of ether oxygens (including phenoxy) is 1. The molecular weight excluding hydrogens is 294 g/mol. The Labute approximate surface area is 136 Å². The lowest BCUT2D eigenvalue weighted by atomic mass is 10.1. The van der Waals surface area contributed by atoms with Crippen LogP contribution in [0.15, 0.2) is 47.4 Å². The summed E-state index contributed by atoms with van der Waals surface area (Å²) in [5.74, 6) is -0.0411. The zero-order chi connectivity index (χ0) is 15.9. The van der Waals surface area contributed by atoms with Gasteiger partial charge in [0.15, 0.2) is 0 Å². The molecule has 0 saturated carbocycles. The molecule has 0 atom stereocenters. The Morgan fingerprint density at radius 3 is 2.59 bits per heavy atom. The molecule has 2 rings (SSSR count). The van der Waals surface area contributed by atoms with E-state index in [1.54, 1.807) is 18.9 Å². The zero-order valence-corrected chi connectivity index (χ0v) is 14.0. The predicted molar refractivity (Wildman–Crippen MR) is 91.3 cm³/mol. The maximum absolute atomic E-state index is 12.4. The van der Waals surface area contributed by atoms with Crippen LogP contribution in [0.1, 0.15) is 27.0 Å². The molecule has 0 aliphatic heterocycles. The van der Waals surface area contributed by atoms with Crippen molar-refractivity contribution in [2.45, 2.75) is 25.0 Å². The summed E-state index contributed by atoms with van der Waals surface area (Å²) in [6.45, 7) is 3.01. The molecule has 0 unspecified atom stereocenters. The maximum Gasteiger partial charge on any atom is 0.251 e. The number of carbonyl (C=O) groups excluding carboxylic acids is 1. The van der Waals surface area contributed by atoms with Crippen molar-refractivity contribution < 1.29 is 9.53 Å². The van der Waals surface area contributed by atoms with Crippen molar-refractivity contribution in [2.75, 3.05) is 13.4 Å². The second-order valence-corrected chi connectivity index (χ2v) is 5.94. The van der Waals surface area contributed by atoms with Crippen molar-refractivity contribution in [1.82, 2.24) is 5.32 Å². The Kier molecular flexibility index (Phi) is 6.04. The van der Waals surface area contributed by atoms with Crippen molar-refractivity contribution >= 4 is 17.7 Å². The molecule has 116 valence electrons. The number of carbonyl (C=O) groups is 1. The number of amides is 1. The molecule has 0 saturated heterocycles. The molecule has 0 fully saturated rings. The Balaban J connectivity index is 2.10. The van der Waals surface area contributed by atoms with Gasteiger partial charge in [-0.1, -0.05) is 30.3 Å². The molecule has 0 aliphatic carbocycles. The average molecular weight is 315 g/mol. The van der Waals surface area contributed by atoms with E-state index < -0.39 is 0 Å². The van der Waals surface area contributed by atoms with Crippen LogP contribution < -0.4 is 5.32 Å². The first-order valence-corrected chi connectivity index (χ1v) is 8.36. The fourth-order valence-corrected chi connectivity index (χ4v) is 2.71. The lowest BCUT2D eigenvalue weighted by Crippen LogP contribution is -2.24. The smallest absolute Gasteiger partial charge is 0.251 e. The number of benzene rings is 2. The van der Waals surface area contributed by atoms with Gasteiger partial charge in [-0.2, -0.15) is 0 Å². The molecule has 0 radical (unpaired) electrons. The average Bonchev–Trinajstić information content (AvgIpc) is 2.54. The summed E-state index contributed by atoms with van der Waals surface area (Å²) in [7, 11) is 1.67. The molecule has 0 aliphatic rings. The van der Waals surface area contributed by atoms with Crippen LogP contribution in [0.2, 0.25) is 0 Å². The molecule has 2 aromatic carbocycles. The minimum Gasteiger partial charge on any atom is -0.380 e. The van der Waals surface area contributed by atoms with Crippen LogP contribution in [0.3, 0.4) is 0 Å². The SMILES string of the molecule is COCc1ccccc1CNC(=O)c1cc(SC)ccc1C. The van der Waals surface area contributed by atoms with Crippen molar-refractivity contribution in [3.8, 4) is 0 Å². The highest BCUT2D eigenvalue weighted by Crippen LogP contribution is 2.19. The molecule has 2 aromatic rings. The van der Waals surface area contributed by atoms with Gasteiger partial charge in [0.1, 0.15) is 0 Å². The van der Waals surface area contributed by atoms with Crippen molar-refractivity contribution in [3.05, 3.63) is 64.7 Å². The van der Waals surface area contributed by atoms with Gasteiger partial charge >= 0.3 is 0 Å². The largest absolute Gasteiger partial charge is 0.380 e. The van der Waals surface area contributed by atoms with Crippen LogP contribution >= 0.6 is 11.8 Å². The number of rotatable bonds is 6. The number of hydrogen-bond donors (Lipinski definition) is 1. The predicted octanol–water partition coefficient (Wildman–Crippen LogP) is 3.79. The first kappa shape index (κ1) is 16.6. The molecule has 0 heterocycles. The molecule has 1 amide bonds. The summed E-state index contributed by atoms with van der Waals surface area (Å²) in [4.78, 5) is 13.5. The Hall–Kier alpha value is -1.78. The van der Waals surface area contributed by atoms with Crippen LogP contribution in [-0.2, 0) is 17.9 Å². The highest BCUT2D eigenvalue weighted by atomic mass is 32.2. The van der Waals surface area contributed by atoms with Gasteiger partial charge < -0.3 is 10.1 Å². The van der Waals surface area contributed by atoms with Crippen LogP contribution in [0.4, 0.5) is 0 Å². The van der Waals surface area contributed by atoms with E-state index in [2.05, 4.69) is 5.32 Å².